The molecule has 1 aromatic carbocycles. The molecule has 0 aliphatic carbocycles. The third kappa shape index (κ3) is 2.60. The number of fused-ring (bicyclic) bond motifs is 3. The van der Waals surface area contributed by atoms with Crippen molar-refractivity contribution in [3.63, 3.8) is 0 Å². The molecule has 0 saturated heterocycles. The largest absolute Gasteiger partial charge is 0.298 e. The summed E-state index contributed by atoms with van der Waals surface area (Å²) in [5.74, 6) is 0.349. The van der Waals surface area contributed by atoms with E-state index in [0.717, 1.165) is 35.8 Å². The van der Waals surface area contributed by atoms with Crippen LogP contribution in [0.2, 0.25) is 0 Å². The predicted octanol–water partition coefficient (Wildman–Crippen LogP) is 3.42. The summed E-state index contributed by atoms with van der Waals surface area (Å²) in [6.07, 6.45) is 2.43. The first-order valence-corrected chi connectivity index (χ1v) is 8.64. The molecule has 7 heteroatoms. The first-order chi connectivity index (χ1) is 12.6. The van der Waals surface area contributed by atoms with Crippen LogP contribution in [0.25, 0.3) is 22.6 Å². The minimum atomic E-state index is -0.311. The molecule has 132 valence electrons. The van der Waals surface area contributed by atoms with Crippen LogP contribution in [0.15, 0.2) is 24.3 Å². The minimum Gasteiger partial charge on any atom is -0.298 e. The maximum atomic E-state index is 13.4. The Morgan fingerprint density at radius 2 is 2.00 bits per heavy atom. The van der Waals surface area contributed by atoms with Gasteiger partial charge in [0.1, 0.15) is 11.5 Å². The van der Waals surface area contributed by atoms with Crippen LogP contribution in [-0.2, 0) is 13.0 Å². The number of aromatic nitrogens is 5. The Balaban J connectivity index is 2.09. The van der Waals surface area contributed by atoms with Crippen molar-refractivity contribution in [2.45, 2.75) is 39.2 Å². The number of aryl methyl sites for hydroxylation is 1. The summed E-state index contributed by atoms with van der Waals surface area (Å²) < 4.78 is 15.2. The zero-order chi connectivity index (χ0) is 18.3. The molecule has 0 fully saturated rings. The molecule has 1 aliphatic rings. The first kappa shape index (κ1) is 16.5. The molecule has 0 saturated carbocycles. The maximum Gasteiger partial charge on any atom is 0.200 e. The molecule has 26 heavy (non-hydrogen) atoms. The molecule has 0 unspecified atom stereocenters. The number of rotatable bonds is 3. The van der Waals surface area contributed by atoms with Crippen molar-refractivity contribution < 1.29 is 9.18 Å². The van der Waals surface area contributed by atoms with Gasteiger partial charge < -0.3 is 0 Å². The van der Waals surface area contributed by atoms with Crippen molar-refractivity contribution in [1.29, 1.82) is 0 Å². The number of benzene rings is 1. The van der Waals surface area contributed by atoms with E-state index in [9.17, 15) is 9.18 Å². The lowest BCUT2D eigenvalue weighted by Crippen LogP contribution is -2.09. The fourth-order valence-corrected chi connectivity index (χ4v) is 3.52. The van der Waals surface area contributed by atoms with Crippen molar-refractivity contribution in [3.8, 4) is 22.6 Å². The number of tetrazole rings is 1. The molecule has 3 aromatic rings. The Bertz CT molecular complexity index is 978. The summed E-state index contributed by atoms with van der Waals surface area (Å²) in [5.41, 5.74) is 4.53. The molecule has 4 rings (SSSR count). The third-order valence-electron chi connectivity index (χ3n) is 4.70. The van der Waals surface area contributed by atoms with E-state index in [4.69, 9.17) is 4.98 Å². The van der Waals surface area contributed by atoms with Crippen LogP contribution < -0.4 is 0 Å². The molecule has 0 radical (unpaired) electrons. The third-order valence-corrected chi connectivity index (χ3v) is 4.70. The van der Waals surface area contributed by atoms with Gasteiger partial charge in [0.15, 0.2) is 6.29 Å². The van der Waals surface area contributed by atoms with E-state index in [0.29, 0.717) is 29.3 Å². The maximum absolute atomic E-state index is 13.4. The van der Waals surface area contributed by atoms with Gasteiger partial charge >= 0.3 is 0 Å². The van der Waals surface area contributed by atoms with Gasteiger partial charge in [0.05, 0.1) is 5.69 Å². The summed E-state index contributed by atoms with van der Waals surface area (Å²) >= 11 is 0. The number of aldehydes is 1. The van der Waals surface area contributed by atoms with Crippen LogP contribution in [0.4, 0.5) is 4.39 Å². The van der Waals surface area contributed by atoms with Gasteiger partial charge in [0, 0.05) is 12.1 Å². The van der Waals surface area contributed by atoms with Crippen molar-refractivity contribution in [2.24, 2.45) is 0 Å². The zero-order valence-electron chi connectivity index (χ0n) is 14.6. The molecule has 0 bridgehead atoms. The number of hydrogen-bond acceptors (Lipinski definition) is 5. The molecular formula is C19H18FN5O. The Labute approximate surface area is 150 Å². The van der Waals surface area contributed by atoms with Gasteiger partial charge in [0.25, 0.3) is 0 Å². The van der Waals surface area contributed by atoms with Gasteiger partial charge in [-0.3, -0.25) is 4.79 Å². The van der Waals surface area contributed by atoms with Gasteiger partial charge in [-0.05, 0) is 58.0 Å². The van der Waals surface area contributed by atoms with Crippen molar-refractivity contribution >= 4 is 6.29 Å². The van der Waals surface area contributed by atoms with Crippen molar-refractivity contribution in [2.75, 3.05) is 0 Å². The molecule has 1 aliphatic heterocycles. The lowest BCUT2D eigenvalue weighted by atomic mass is 9.88. The summed E-state index contributed by atoms with van der Waals surface area (Å²) in [5, 5.41) is 12.0. The summed E-state index contributed by atoms with van der Waals surface area (Å²) in [7, 11) is 0. The number of nitrogens with zero attached hydrogens (tertiary/aromatic N) is 5. The Kier molecular flexibility index (Phi) is 4.06. The van der Waals surface area contributed by atoms with E-state index >= 15 is 0 Å². The highest BCUT2D eigenvalue weighted by atomic mass is 19.1. The summed E-state index contributed by atoms with van der Waals surface area (Å²) in [4.78, 5) is 16.8. The van der Waals surface area contributed by atoms with Crippen LogP contribution in [0, 0.1) is 5.82 Å². The summed E-state index contributed by atoms with van der Waals surface area (Å²) in [6, 6.07) is 6.23. The molecule has 0 N–H and O–H groups in total. The van der Waals surface area contributed by atoms with E-state index < -0.39 is 0 Å². The Hall–Kier alpha value is -2.96. The van der Waals surface area contributed by atoms with E-state index in [2.05, 4.69) is 15.5 Å². The lowest BCUT2D eigenvalue weighted by Gasteiger charge is -2.19. The summed E-state index contributed by atoms with van der Waals surface area (Å²) in [6.45, 7) is 4.68. The Morgan fingerprint density at radius 1 is 1.23 bits per heavy atom. The van der Waals surface area contributed by atoms with Gasteiger partial charge in [-0.25, -0.2) is 14.1 Å². The second-order valence-electron chi connectivity index (χ2n) is 6.72. The van der Waals surface area contributed by atoms with Gasteiger partial charge in [-0.1, -0.05) is 26.0 Å². The first-order valence-electron chi connectivity index (χ1n) is 8.64. The lowest BCUT2D eigenvalue weighted by molar-refractivity contribution is 0.112. The number of carbonyl (C=O) groups excluding carboxylic acids is 1. The van der Waals surface area contributed by atoms with Crippen LogP contribution in [0.1, 0.15) is 47.8 Å². The topological polar surface area (TPSA) is 73.6 Å². The van der Waals surface area contributed by atoms with Crippen LogP contribution in [0.5, 0.6) is 0 Å². The highest BCUT2D eigenvalue weighted by Gasteiger charge is 2.27. The van der Waals surface area contributed by atoms with Crippen molar-refractivity contribution in [1.82, 2.24) is 25.2 Å². The average molecular weight is 351 g/mol. The van der Waals surface area contributed by atoms with Gasteiger partial charge in [-0.2, -0.15) is 0 Å². The van der Waals surface area contributed by atoms with Crippen LogP contribution >= 0.6 is 0 Å². The Morgan fingerprint density at radius 3 is 2.69 bits per heavy atom. The SMILES string of the molecule is CC(C)c1nc2c(c(-c3ccc(F)cc3)c1C=O)CCCn1nnnc1-2. The monoisotopic (exact) mass is 351 g/mol. The number of halogens is 1. The van der Waals surface area contributed by atoms with Crippen LogP contribution in [0.3, 0.4) is 0 Å². The second-order valence-corrected chi connectivity index (χ2v) is 6.72. The molecule has 6 nitrogen and oxygen atoms in total. The fraction of sp³-hybridized carbons (Fsp3) is 0.316. The molecule has 0 amide bonds. The highest BCUT2D eigenvalue weighted by molar-refractivity contribution is 5.92. The number of hydrogen-bond donors (Lipinski definition) is 0. The molecule has 0 spiro atoms. The van der Waals surface area contributed by atoms with Gasteiger partial charge in [0.2, 0.25) is 5.82 Å². The smallest absolute Gasteiger partial charge is 0.200 e. The molecule has 2 aromatic heterocycles. The van der Waals surface area contributed by atoms with E-state index in [-0.39, 0.29) is 11.7 Å². The molecule has 0 atom stereocenters. The average Bonchev–Trinajstić information content (AvgIpc) is 3.03. The van der Waals surface area contributed by atoms with Gasteiger partial charge in [-0.15, -0.1) is 5.10 Å². The number of pyridine rings is 1. The van der Waals surface area contributed by atoms with Crippen LogP contribution in [-0.4, -0.2) is 31.5 Å². The minimum absolute atomic E-state index is 0.0484. The highest BCUT2D eigenvalue weighted by Crippen LogP contribution is 2.38. The number of carbonyl (C=O) groups is 1. The molecular weight excluding hydrogens is 333 g/mol. The molecule has 3 heterocycles. The zero-order valence-corrected chi connectivity index (χ0v) is 14.6. The fourth-order valence-electron chi connectivity index (χ4n) is 3.52. The van der Waals surface area contributed by atoms with E-state index in [1.165, 1.54) is 12.1 Å². The second kappa shape index (κ2) is 6.40. The van der Waals surface area contributed by atoms with E-state index in [1.807, 2.05) is 13.8 Å². The standard InChI is InChI=1S/C19H18FN5O/c1-11(2)17-15(10-26)16(12-5-7-13(20)8-6-12)14-4-3-9-25-19(18(14)21-17)22-23-24-25/h5-8,10-11H,3-4,9H2,1-2H3. The van der Waals surface area contributed by atoms with Crippen molar-refractivity contribution in [3.05, 3.63) is 46.9 Å². The van der Waals surface area contributed by atoms with E-state index in [1.54, 1.807) is 16.8 Å². The normalized spacial score (nSPS) is 13.2. The predicted molar refractivity (Wildman–Crippen MR) is 94.2 cm³/mol. The quantitative estimate of drug-likeness (QED) is 0.676.